The molecule has 2 amide bonds. The summed E-state index contributed by atoms with van der Waals surface area (Å²) in [6, 6.07) is 15.0. The van der Waals surface area contributed by atoms with Gasteiger partial charge in [0.15, 0.2) is 6.61 Å². The predicted molar refractivity (Wildman–Crippen MR) is 116 cm³/mol. The Balaban J connectivity index is 2.17. The van der Waals surface area contributed by atoms with Crippen molar-refractivity contribution in [1.82, 2.24) is 10.2 Å². The maximum Gasteiger partial charge on any atom is 0.261 e. The molecule has 0 saturated heterocycles. The summed E-state index contributed by atoms with van der Waals surface area (Å²) in [5, 5.41) is 2.92. The van der Waals surface area contributed by atoms with Crippen molar-refractivity contribution in [2.24, 2.45) is 0 Å². The quantitative estimate of drug-likeness (QED) is 0.660. The van der Waals surface area contributed by atoms with Gasteiger partial charge in [-0.2, -0.15) is 0 Å². The first-order valence-corrected chi connectivity index (χ1v) is 10.3. The Labute approximate surface area is 174 Å². The zero-order chi connectivity index (χ0) is 21.2. The second kappa shape index (κ2) is 11.2. The molecule has 0 saturated carbocycles. The number of nitrogens with zero attached hydrogens (tertiary/aromatic N) is 1. The average Bonchev–Trinajstić information content (AvgIpc) is 2.71. The lowest BCUT2D eigenvalue weighted by Gasteiger charge is -2.30. The minimum Gasteiger partial charge on any atom is -0.484 e. The molecule has 1 atom stereocenters. The van der Waals surface area contributed by atoms with Crippen LogP contribution in [0.4, 0.5) is 0 Å². The number of amides is 2. The van der Waals surface area contributed by atoms with Crippen LogP contribution in [0.3, 0.4) is 0 Å². The first kappa shape index (κ1) is 22.5. The van der Waals surface area contributed by atoms with E-state index in [0.29, 0.717) is 25.3 Å². The standard InChI is InChI=1S/C24H32N2O3/c1-5-14-25-24(28)22(6-2)26(16-20-9-7-8-19(4)15-20)23(27)17-29-21-12-10-18(3)11-13-21/h7-13,15,22H,5-6,14,16-17H2,1-4H3,(H,25,28)/t22-/m1/s1. The van der Waals surface area contributed by atoms with E-state index < -0.39 is 6.04 Å². The second-order valence-electron chi connectivity index (χ2n) is 7.33. The van der Waals surface area contributed by atoms with Crippen LogP contribution in [0.25, 0.3) is 0 Å². The molecule has 5 nitrogen and oxygen atoms in total. The number of aryl methyl sites for hydroxylation is 2. The van der Waals surface area contributed by atoms with Crippen molar-refractivity contribution in [2.45, 2.75) is 53.1 Å². The lowest BCUT2D eigenvalue weighted by atomic mass is 10.1. The highest BCUT2D eigenvalue weighted by Gasteiger charge is 2.28. The molecule has 156 valence electrons. The normalized spacial score (nSPS) is 11.6. The van der Waals surface area contributed by atoms with Crippen molar-refractivity contribution in [2.75, 3.05) is 13.2 Å². The molecular formula is C24H32N2O3. The average molecular weight is 397 g/mol. The van der Waals surface area contributed by atoms with Gasteiger partial charge in [0.05, 0.1) is 0 Å². The molecular weight excluding hydrogens is 364 g/mol. The van der Waals surface area contributed by atoms with Crippen LogP contribution < -0.4 is 10.1 Å². The Morgan fingerprint density at radius 2 is 1.76 bits per heavy atom. The Hall–Kier alpha value is -2.82. The third kappa shape index (κ3) is 6.93. The Kier molecular flexibility index (Phi) is 8.71. The summed E-state index contributed by atoms with van der Waals surface area (Å²) < 4.78 is 5.70. The molecule has 0 bridgehead atoms. The van der Waals surface area contributed by atoms with E-state index >= 15 is 0 Å². The van der Waals surface area contributed by atoms with Crippen LogP contribution >= 0.6 is 0 Å². The maximum atomic E-state index is 13.1. The van der Waals surface area contributed by atoms with Crippen molar-refractivity contribution in [1.29, 1.82) is 0 Å². The summed E-state index contributed by atoms with van der Waals surface area (Å²) in [6.45, 7) is 8.81. The Bertz CT molecular complexity index is 802. The summed E-state index contributed by atoms with van der Waals surface area (Å²) in [5.41, 5.74) is 3.24. The van der Waals surface area contributed by atoms with Crippen molar-refractivity contribution in [3.05, 3.63) is 65.2 Å². The summed E-state index contributed by atoms with van der Waals surface area (Å²) >= 11 is 0. The fourth-order valence-corrected chi connectivity index (χ4v) is 3.16. The van der Waals surface area contributed by atoms with Gasteiger partial charge in [-0.3, -0.25) is 9.59 Å². The van der Waals surface area contributed by atoms with Gasteiger partial charge in [-0.05, 0) is 44.4 Å². The van der Waals surface area contributed by atoms with Crippen LogP contribution in [0.1, 0.15) is 43.4 Å². The molecule has 0 heterocycles. The topological polar surface area (TPSA) is 58.6 Å². The number of carbonyl (C=O) groups excluding carboxylic acids is 2. The molecule has 0 aromatic heterocycles. The number of hydrogen-bond donors (Lipinski definition) is 1. The number of benzene rings is 2. The van der Waals surface area contributed by atoms with Gasteiger partial charge in [0, 0.05) is 13.1 Å². The monoisotopic (exact) mass is 396 g/mol. The van der Waals surface area contributed by atoms with Crippen LogP contribution in [0.15, 0.2) is 48.5 Å². The molecule has 0 unspecified atom stereocenters. The first-order chi connectivity index (χ1) is 13.9. The summed E-state index contributed by atoms with van der Waals surface area (Å²) in [5.74, 6) is 0.319. The largest absolute Gasteiger partial charge is 0.484 e. The van der Waals surface area contributed by atoms with Crippen molar-refractivity contribution < 1.29 is 14.3 Å². The van der Waals surface area contributed by atoms with Crippen LogP contribution in [0.5, 0.6) is 5.75 Å². The molecule has 0 aliphatic carbocycles. The fourth-order valence-electron chi connectivity index (χ4n) is 3.16. The molecule has 2 rings (SSSR count). The number of ether oxygens (including phenoxy) is 1. The molecule has 0 spiro atoms. The molecule has 29 heavy (non-hydrogen) atoms. The van der Waals surface area contributed by atoms with Gasteiger partial charge in [0.1, 0.15) is 11.8 Å². The third-order valence-electron chi connectivity index (χ3n) is 4.75. The smallest absolute Gasteiger partial charge is 0.261 e. The zero-order valence-corrected chi connectivity index (χ0v) is 17.9. The SMILES string of the molecule is CCCNC(=O)[C@@H](CC)N(Cc1cccc(C)c1)C(=O)COc1ccc(C)cc1. The number of rotatable bonds is 10. The number of hydrogen-bond acceptors (Lipinski definition) is 3. The minimum atomic E-state index is -0.531. The molecule has 1 N–H and O–H groups in total. The second-order valence-corrected chi connectivity index (χ2v) is 7.33. The number of carbonyl (C=O) groups is 2. The zero-order valence-electron chi connectivity index (χ0n) is 17.9. The third-order valence-corrected chi connectivity index (χ3v) is 4.75. The van der Waals surface area contributed by atoms with Gasteiger partial charge in [-0.15, -0.1) is 0 Å². The van der Waals surface area contributed by atoms with Crippen molar-refractivity contribution in [3.63, 3.8) is 0 Å². The molecule has 2 aromatic rings. The number of nitrogens with one attached hydrogen (secondary N) is 1. The van der Waals surface area contributed by atoms with Crippen molar-refractivity contribution in [3.8, 4) is 5.75 Å². The van der Waals surface area contributed by atoms with E-state index in [9.17, 15) is 9.59 Å². The minimum absolute atomic E-state index is 0.105. The van der Waals surface area contributed by atoms with Crippen LogP contribution in [-0.4, -0.2) is 35.9 Å². The van der Waals surface area contributed by atoms with Crippen LogP contribution in [-0.2, 0) is 16.1 Å². The molecule has 0 radical (unpaired) electrons. The van der Waals surface area contributed by atoms with Gasteiger partial charge in [0.2, 0.25) is 5.91 Å². The van der Waals surface area contributed by atoms with Crippen LogP contribution in [0, 0.1) is 13.8 Å². The Morgan fingerprint density at radius 3 is 2.38 bits per heavy atom. The van der Waals surface area contributed by atoms with E-state index in [2.05, 4.69) is 5.32 Å². The summed E-state index contributed by atoms with van der Waals surface area (Å²) in [4.78, 5) is 27.4. The molecule has 5 heteroatoms. The van der Waals surface area contributed by atoms with Crippen molar-refractivity contribution >= 4 is 11.8 Å². The predicted octanol–water partition coefficient (Wildman–Crippen LogP) is 4.02. The van der Waals surface area contributed by atoms with E-state index in [1.165, 1.54) is 0 Å². The first-order valence-electron chi connectivity index (χ1n) is 10.3. The lowest BCUT2D eigenvalue weighted by Crippen LogP contribution is -2.50. The molecule has 0 fully saturated rings. The highest BCUT2D eigenvalue weighted by Crippen LogP contribution is 2.16. The van der Waals surface area contributed by atoms with E-state index in [0.717, 1.165) is 23.1 Å². The Morgan fingerprint density at radius 1 is 1.03 bits per heavy atom. The summed E-state index contributed by atoms with van der Waals surface area (Å²) in [7, 11) is 0. The van der Waals surface area contributed by atoms with E-state index in [-0.39, 0.29) is 18.4 Å². The van der Waals surface area contributed by atoms with E-state index in [1.807, 2.05) is 76.2 Å². The maximum absolute atomic E-state index is 13.1. The molecule has 0 aliphatic heterocycles. The van der Waals surface area contributed by atoms with Gasteiger partial charge >= 0.3 is 0 Å². The highest BCUT2D eigenvalue weighted by molar-refractivity contribution is 5.88. The molecule has 2 aromatic carbocycles. The van der Waals surface area contributed by atoms with Gasteiger partial charge < -0.3 is 15.0 Å². The van der Waals surface area contributed by atoms with Crippen LogP contribution in [0.2, 0.25) is 0 Å². The van der Waals surface area contributed by atoms with Gasteiger partial charge in [-0.1, -0.05) is 61.4 Å². The van der Waals surface area contributed by atoms with E-state index in [4.69, 9.17) is 4.74 Å². The van der Waals surface area contributed by atoms with E-state index in [1.54, 1.807) is 4.90 Å². The van der Waals surface area contributed by atoms with Gasteiger partial charge in [0.25, 0.3) is 5.91 Å². The van der Waals surface area contributed by atoms with Gasteiger partial charge in [-0.25, -0.2) is 0 Å². The lowest BCUT2D eigenvalue weighted by molar-refractivity contribution is -0.143. The fraction of sp³-hybridized carbons (Fsp3) is 0.417. The summed E-state index contributed by atoms with van der Waals surface area (Å²) in [6.07, 6.45) is 1.39. The molecule has 0 aliphatic rings. The highest BCUT2D eigenvalue weighted by atomic mass is 16.5.